The molecule has 1 saturated heterocycles. The number of fused-ring (bicyclic) bond motifs is 3. The Labute approximate surface area is 191 Å². The van der Waals surface area contributed by atoms with Crippen molar-refractivity contribution in [3.8, 4) is 29.0 Å². The molecule has 0 spiro atoms. The number of benzene rings is 2. The largest absolute Gasteiger partial charge is 0.482 e. The molecule has 0 aromatic heterocycles. The maximum Gasteiger partial charge on any atom is 0.252 e. The average Bonchev–Trinajstić information content (AvgIpc) is 3.05. The zero-order chi connectivity index (χ0) is 23.8. The van der Waals surface area contributed by atoms with E-state index in [1.165, 1.54) is 6.07 Å². The second-order valence-electron chi connectivity index (χ2n) is 8.94. The van der Waals surface area contributed by atoms with E-state index < -0.39 is 28.8 Å². The molecule has 2 aliphatic rings. The van der Waals surface area contributed by atoms with E-state index >= 15 is 4.39 Å². The highest BCUT2D eigenvalue weighted by atomic mass is 19.1. The predicted octanol–water partition coefficient (Wildman–Crippen LogP) is 2.91. The molecule has 2 atom stereocenters. The minimum atomic E-state index is -1.55. The van der Waals surface area contributed by atoms with Crippen molar-refractivity contribution in [2.75, 3.05) is 19.7 Å². The quantitative estimate of drug-likeness (QED) is 0.742. The maximum absolute atomic E-state index is 15.3. The van der Waals surface area contributed by atoms with Crippen LogP contribution in [0.2, 0.25) is 0 Å². The van der Waals surface area contributed by atoms with Crippen molar-refractivity contribution < 1.29 is 18.7 Å². The summed E-state index contributed by atoms with van der Waals surface area (Å²) in [6.07, 6.45) is 0.612. The van der Waals surface area contributed by atoms with E-state index in [0.717, 1.165) is 11.1 Å². The summed E-state index contributed by atoms with van der Waals surface area (Å²) in [6, 6.07) is 12.4. The summed E-state index contributed by atoms with van der Waals surface area (Å²) in [5.74, 6) is -1.79. The Bertz CT molecular complexity index is 1190. The first kappa shape index (κ1) is 22.7. The molecule has 3 N–H and O–H groups in total. The van der Waals surface area contributed by atoms with Crippen molar-refractivity contribution in [1.29, 1.82) is 10.5 Å². The molecule has 2 aliphatic heterocycles. The van der Waals surface area contributed by atoms with Gasteiger partial charge in [-0.2, -0.15) is 10.5 Å². The van der Waals surface area contributed by atoms with E-state index in [0.29, 0.717) is 29.8 Å². The van der Waals surface area contributed by atoms with E-state index in [4.69, 9.17) is 15.2 Å². The molecule has 4 rings (SSSR count). The van der Waals surface area contributed by atoms with Crippen LogP contribution < -0.4 is 15.8 Å². The number of primary amides is 1. The average molecular weight is 448 g/mol. The Kier molecular flexibility index (Phi) is 5.84. The molecule has 33 heavy (non-hydrogen) atoms. The molecule has 0 radical (unpaired) electrons. The van der Waals surface area contributed by atoms with Gasteiger partial charge in [0.25, 0.3) is 5.91 Å². The number of rotatable bonds is 4. The van der Waals surface area contributed by atoms with E-state index in [1.54, 1.807) is 24.3 Å². The van der Waals surface area contributed by atoms with Crippen LogP contribution >= 0.6 is 0 Å². The van der Waals surface area contributed by atoms with Gasteiger partial charge in [0.1, 0.15) is 17.2 Å². The van der Waals surface area contributed by atoms with Crippen LogP contribution in [0.1, 0.15) is 37.0 Å². The lowest BCUT2D eigenvalue weighted by atomic mass is 9.81. The van der Waals surface area contributed by atoms with Gasteiger partial charge in [-0.25, -0.2) is 4.39 Å². The summed E-state index contributed by atoms with van der Waals surface area (Å²) in [4.78, 5) is 12.4. The number of nitrogens with two attached hydrogens (primary N) is 1. The number of nitriles is 2. The van der Waals surface area contributed by atoms with Crippen LogP contribution in [0.15, 0.2) is 30.3 Å². The topological polar surface area (TPSA) is 121 Å². The van der Waals surface area contributed by atoms with E-state index in [9.17, 15) is 15.3 Å². The second-order valence-corrected chi connectivity index (χ2v) is 8.94. The molecule has 0 saturated carbocycles. The smallest absolute Gasteiger partial charge is 0.252 e. The first-order chi connectivity index (χ1) is 15.7. The fraction of sp³-hybridized carbons (Fsp3) is 0.400. The fourth-order valence-corrected chi connectivity index (χ4v) is 4.59. The van der Waals surface area contributed by atoms with Gasteiger partial charge in [-0.15, -0.1) is 0 Å². The van der Waals surface area contributed by atoms with Gasteiger partial charge in [-0.3, -0.25) is 4.79 Å². The normalized spacial score (nSPS) is 21.8. The Morgan fingerprint density at radius 1 is 1.27 bits per heavy atom. The lowest BCUT2D eigenvalue weighted by Crippen LogP contribution is -2.57. The molecule has 2 heterocycles. The van der Waals surface area contributed by atoms with Gasteiger partial charge in [-0.1, -0.05) is 6.07 Å². The predicted molar refractivity (Wildman–Crippen MR) is 118 cm³/mol. The van der Waals surface area contributed by atoms with Gasteiger partial charge in [0.15, 0.2) is 5.60 Å². The molecular weight excluding hydrogens is 423 g/mol. The Morgan fingerprint density at radius 2 is 2.06 bits per heavy atom. The second kappa shape index (κ2) is 8.47. The Hall–Kier alpha value is -3.46. The monoisotopic (exact) mass is 448 g/mol. The molecule has 0 bridgehead atoms. The van der Waals surface area contributed by atoms with Gasteiger partial charge >= 0.3 is 0 Å². The summed E-state index contributed by atoms with van der Waals surface area (Å²) in [5, 5.41) is 22.2. The maximum atomic E-state index is 15.3. The van der Waals surface area contributed by atoms with Crippen molar-refractivity contribution in [3.05, 3.63) is 52.8 Å². The van der Waals surface area contributed by atoms with Crippen LogP contribution in [-0.2, 0) is 21.6 Å². The van der Waals surface area contributed by atoms with Crippen LogP contribution in [-0.4, -0.2) is 31.2 Å². The van der Waals surface area contributed by atoms with Crippen molar-refractivity contribution in [2.24, 2.45) is 11.7 Å². The number of nitrogens with one attached hydrogen (secondary N) is 1. The lowest BCUT2D eigenvalue weighted by molar-refractivity contribution is -0.147. The minimum Gasteiger partial charge on any atom is -0.482 e. The van der Waals surface area contributed by atoms with Crippen LogP contribution in [0.3, 0.4) is 0 Å². The van der Waals surface area contributed by atoms with Crippen molar-refractivity contribution in [2.45, 2.75) is 37.9 Å². The molecule has 170 valence electrons. The van der Waals surface area contributed by atoms with Gasteiger partial charge in [0.05, 0.1) is 23.6 Å². The zero-order valence-electron chi connectivity index (χ0n) is 18.6. The highest BCUT2D eigenvalue weighted by molar-refractivity contribution is 5.85. The summed E-state index contributed by atoms with van der Waals surface area (Å²) < 4.78 is 27.3. The number of amides is 1. The summed E-state index contributed by atoms with van der Waals surface area (Å²) in [6.45, 7) is 4.76. The molecule has 1 unspecified atom stereocenters. The molecule has 1 amide bonds. The van der Waals surface area contributed by atoms with Gasteiger partial charge in [0, 0.05) is 24.3 Å². The number of halogens is 1. The highest BCUT2D eigenvalue weighted by Gasteiger charge is 2.47. The zero-order valence-corrected chi connectivity index (χ0v) is 18.6. The molecule has 8 heteroatoms. The number of carbonyl (C=O) groups excluding carboxylic acids is 1. The van der Waals surface area contributed by atoms with E-state index in [1.807, 2.05) is 13.8 Å². The van der Waals surface area contributed by atoms with Crippen molar-refractivity contribution in [1.82, 2.24) is 5.32 Å². The van der Waals surface area contributed by atoms with Crippen LogP contribution in [0.5, 0.6) is 5.75 Å². The molecule has 7 nitrogen and oxygen atoms in total. The van der Waals surface area contributed by atoms with Gasteiger partial charge in [-0.05, 0) is 68.6 Å². The number of nitrogens with zero attached hydrogens (tertiary/aromatic N) is 2. The number of carbonyl (C=O) groups is 1. The van der Waals surface area contributed by atoms with E-state index in [-0.39, 0.29) is 25.1 Å². The molecular formula is C25H25FN4O3. The minimum absolute atomic E-state index is 0.0652. The summed E-state index contributed by atoms with van der Waals surface area (Å²) >= 11 is 0. The lowest BCUT2D eigenvalue weighted by Gasteiger charge is -2.36. The Balaban J connectivity index is 1.75. The van der Waals surface area contributed by atoms with Crippen molar-refractivity contribution >= 4 is 5.91 Å². The molecule has 2 aromatic carbocycles. The van der Waals surface area contributed by atoms with Gasteiger partial charge in [0.2, 0.25) is 0 Å². The molecule has 2 aromatic rings. The third-order valence-electron chi connectivity index (χ3n) is 6.41. The van der Waals surface area contributed by atoms with Crippen LogP contribution in [0.25, 0.3) is 11.1 Å². The highest BCUT2D eigenvalue weighted by Crippen LogP contribution is 2.46. The summed E-state index contributed by atoms with van der Waals surface area (Å²) in [5.41, 5.74) is 6.25. The standard InChI is InChI=1S/C25H25FN4O3/c1-24(2)20-8-15(12-27)4-5-18(20)19-11-21(26)16(10-22(19)33-24)9-17(13-28)25(23(29)31)14-30-6-3-7-32-25/h4-5,8,10-11,17,30H,3,6-7,9,14H2,1-2H3,(H2,29,31)/t17-,25?/m0/s1. The SMILES string of the molecule is CC1(C)Oc2cc(C[C@@H](C#N)C3(C(N)=O)CNCCCO3)c(F)cc2-c2ccc(C#N)cc21. The number of hydrogen-bond donors (Lipinski definition) is 2. The molecule has 1 fully saturated rings. The molecule has 0 aliphatic carbocycles. The number of hydrogen-bond acceptors (Lipinski definition) is 6. The van der Waals surface area contributed by atoms with Crippen molar-refractivity contribution in [3.63, 3.8) is 0 Å². The third-order valence-corrected chi connectivity index (χ3v) is 6.41. The number of ether oxygens (including phenoxy) is 2. The van der Waals surface area contributed by atoms with E-state index in [2.05, 4.69) is 17.5 Å². The van der Waals surface area contributed by atoms with Crippen LogP contribution in [0, 0.1) is 34.4 Å². The summed E-state index contributed by atoms with van der Waals surface area (Å²) in [7, 11) is 0. The first-order valence-corrected chi connectivity index (χ1v) is 10.8. The van der Waals surface area contributed by atoms with Gasteiger partial charge < -0.3 is 20.5 Å². The van der Waals surface area contributed by atoms with Crippen LogP contribution in [0.4, 0.5) is 4.39 Å². The fourth-order valence-electron chi connectivity index (χ4n) is 4.59. The Morgan fingerprint density at radius 3 is 2.76 bits per heavy atom. The third kappa shape index (κ3) is 3.93. The first-order valence-electron chi connectivity index (χ1n) is 10.8.